The van der Waals surface area contributed by atoms with Gasteiger partial charge in [0.15, 0.2) is 0 Å². The van der Waals surface area contributed by atoms with Crippen molar-refractivity contribution >= 4 is 24.2 Å². The summed E-state index contributed by atoms with van der Waals surface area (Å²) in [6, 6.07) is 0. The highest BCUT2D eigenvalue weighted by molar-refractivity contribution is 7.05. The van der Waals surface area contributed by atoms with E-state index in [-0.39, 0.29) is 0 Å². The van der Waals surface area contributed by atoms with Crippen LogP contribution in [0, 0.1) is 48.7 Å². The molecule has 8 aliphatic carbocycles. The Morgan fingerprint density at radius 1 is 0.324 bits per heavy atom. The van der Waals surface area contributed by atoms with Gasteiger partial charge in [0.1, 0.15) is 0 Å². The van der Waals surface area contributed by atoms with E-state index in [4.69, 9.17) is 0 Å². The Kier molecular flexibility index (Phi) is 4.47. The highest BCUT2D eigenvalue weighted by Gasteiger charge is 3.40. The lowest BCUT2D eigenvalue weighted by molar-refractivity contribution is 0.254. The van der Waals surface area contributed by atoms with Crippen molar-refractivity contribution < 1.29 is 0 Å². The maximum Gasteiger partial charge on any atom is 0.0520 e. The van der Waals surface area contributed by atoms with Crippen LogP contribution in [0.4, 0.5) is 0 Å². The van der Waals surface area contributed by atoms with Gasteiger partial charge in [0.25, 0.3) is 0 Å². The van der Waals surface area contributed by atoms with Crippen LogP contribution >= 0.6 is 0 Å². The van der Waals surface area contributed by atoms with Crippen LogP contribution in [-0.4, -0.2) is 24.2 Å². The molecule has 8 aliphatic rings. The second-order valence-corrected chi connectivity index (χ2v) is 37.9. The largest absolute Gasteiger partial charge is 0.0691 e. The first-order chi connectivity index (χ1) is 15.8. The van der Waals surface area contributed by atoms with Crippen LogP contribution in [0.1, 0.15) is 90.0 Å². The van der Waals surface area contributed by atoms with Crippen LogP contribution in [0.25, 0.3) is 0 Å². The number of hydrogen-bond donors (Lipinski definition) is 0. The molecule has 0 bridgehead atoms. The van der Waals surface area contributed by atoms with Gasteiger partial charge in [0, 0.05) is 0 Å². The lowest BCUT2D eigenvalue weighted by Crippen LogP contribution is -2.26. The van der Waals surface area contributed by atoms with Gasteiger partial charge in [-0.25, -0.2) is 0 Å². The Bertz CT molecular complexity index is 904. The van der Waals surface area contributed by atoms with Crippen molar-refractivity contribution in [1.29, 1.82) is 0 Å². The summed E-state index contributed by atoms with van der Waals surface area (Å²) in [6.07, 6.45) is 0. The van der Waals surface area contributed by atoms with Crippen LogP contribution < -0.4 is 0 Å². The Hall–Kier alpha value is 0.651. The third-order valence-electron chi connectivity index (χ3n) is 14.7. The predicted octanol–water partition coefficient (Wildman–Crippen LogP) is 11.4. The van der Waals surface area contributed by atoms with Crippen molar-refractivity contribution in [3.8, 4) is 0 Å². The van der Waals surface area contributed by atoms with Crippen molar-refractivity contribution in [1.82, 2.24) is 0 Å². The molecule has 0 aliphatic heterocycles. The van der Waals surface area contributed by atoms with Gasteiger partial charge in [0.05, 0.1) is 24.2 Å². The van der Waals surface area contributed by atoms with Crippen LogP contribution in [0.3, 0.4) is 0 Å². The first kappa shape index (κ1) is 29.2. The number of rotatable bonds is 3. The van der Waals surface area contributed by atoms with Crippen molar-refractivity contribution in [2.45, 2.75) is 164 Å². The van der Waals surface area contributed by atoms with Gasteiger partial charge in [-0.05, 0) is 63.8 Å². The molecule has 0 unspecified atom stereocenters. The highest BCUT2D eigenvalue weighted by atomic mass is 28.3. The summed E-state index contributed by atoms with van der Waals surface area (Å²) < 4.78 is 0. The zero-order chi connectivity index (χ0) is 29.5. The Labute approximate surface area is 236 Å². The zero-order valence-electron chi connectivity index (χ0n) is 29.5. The lowest BCUT2D eigenvalue weighted by atomic mass is 9.81. The van der Waals surface area contributed by atoms with E-state index in [1.165, 1.54) is 0 Å². The topological polar surface area (TPSA) is 0 Å². The predicted molar refractivity (Wildman–Crippen MR) is 174 cm³/mol. The fourth-order valence-corrected chi connectivity index (χ4v) is 38.9. The van der Waals surface area contributed by atoms with Gasteiger partial charge in [-0.2, -0.15) is 0 Å². The molecule has 214 valence electrons. The van der Waals surface area contributed by atoms with Gasteiger partial charge >= 0.3 is 0 Å². The Morgan fingerprint density at radius 2 is 0.459 bits per heavy atom. The van der Waals surface area contributed by atoms with E-state index < -0.39 is 24.2 Å². The van der Waals surface area contributed by atoms with Gasteiger partial charge in [0.2, 0.25) is 0 Å². The van der Waals surface area contributed by atoms with E-state index in [9.17, 15) is 0 Å². The molecular formula is C34H66Si3. The standard InChI is InChI=1S/C20H36.C14H30Si3/c1-13(2,3)17-18(14(4,5)6)19(17,15(7,8)9)20(17,18)16(10,11)12;1-11-12(15(2,3)4)13(11,16(5,6)7)14(11,12)17(8,9)10/h1-12H3;1-10H3. The molecule has 0 atom stereocenters. The molecule has 8 rings (SSSR count). The molecule has 8 fully saturated rings. The van der Waals surface area contributed by atoms with Crippen molar-refractivity contribution in [2.75, 3.05) is 0 Å². The number of hydrogen-bond acceptors (Lipinski definition) is 0. The van der Waals surface area contributed by atoms with E-state index in [1.807, 2.05) is 0 Å². The third kappa shape index (κ3) is 1.82. The molecule has 0 radical (unpaired) electrons. The van der Waals surface area contributed by atoms with Crippen LogP contribution in [-0.2, 0) is 0 Å². The summed E-state index contributed by atoms with van der Waals surface area (Å²) >= 11 is 0. The first-order valence-electron chi connectivity index (χ1n) is 15.8. The van der Waals surface area contributed by atoms with Crippen molar-refractivity contribution in [2.24, 2.45) is 48.7 Å². The molecule has 0 spiro atoms. The van der Waals surface area contributed by atoms with Gasteiger partial charge in [-0.3, -0.25) is 0 Å². The molecule has 0 saturated heterocycles. The second-order valence-electron chi connectivity index (χ2n) is 22.1. The maximum atomic E-state index is 2.68. The van der Waals surface area contributed by atoms with Crippen LogP contribution in [0.15, 0.2) is 0 Å². The zero-order valence-corrected chi connectivity index (χ0v) is 32.5. The minimum Gasteiger partial charge on any atom is -0.0691 e. The Morgan fingerprint density at radius 3 is 0.514 bits per heavy atom. The van der Waals surface area contributed by atoms with Crippen molar-refractivity contribution in [3.05, 3.63) is 0 Å². The van der Waals surface area contributed by atoms with E-state index >= 15 is 0 Å². The van der Waals surface area contributed by atoms with E-state index in [1.54, 1.807) is 0 Å². The van der Waals surface area contributed by atoms with E-state index in [2.05, 4.69) is 149 Å². The fraction of sp³-hybridized carbons (Fsp3) is 1.00. The summed E-state index contributed by atoms with van der Waals surface area (Å²) in [6.45, 7) is 56.6. The van der Waals surface area contributed by atoms with Crippen LogP contribution in [0.2, 0.25) is 74.0 Å². The monoisotopic (exact) mass is 558 g/mol. The second kappa shape index (κ2) is 5.67. The summed E-state index contributed by atoms with van der Waals surface area (Å²) in [5, 5.41) is 2.69. The molecule has 37 heavy (non-hydrogen) atoms. The summed E-state index contributed by atoms with van der Waals surface area (Å²) in [4.78, 5) is 0. The Balaban J connectivity index is 0.000000153. The first-order valence-corrected chi connectivity index (χ1v) is 26.2. The molecule has 0 aromatic heterocycles. The molecular weight excluding hydrogens is 493 g/mol. The summed E-state index contributed by atoms with van der Waals surface area (Å²) in [5.41, 5.74) is 4.81. The SMILES string of the molecule is CC(C)(C)C12C3(C(C)(C)C)C1(C(C)(C)C)C23C(C)(C)C.CC12C3([Si](C)(C)C)C1([Si](C)(C)C)C23[Si](C)(C)C. The normalized spacial score (nSPS) is 52.4. The summed E-state index contributed by atoms with van der Waals surface area (Å²) in [7, 11) is -3.01. The minimum absolute atomic E-state index is 0.417. The van der Waals surface area contributed by atoms with Crippen molar-refractivity contribution in [3.63, 3.8) is 0 Å². The molecule has 0 N–H and O–H groups in total. The minimum atomic E-state index is -1.00. The molecule has 3 heteroatoms. The van der Waals surface area contributed by atoms with Gasteiger partial charge in [-0.1, -0.05) is 149 Å². The van der Waals surface area contributed by atoms with Gasteiger partial charge in [-0.15, -0.1) is 0 Å². The van der Waals surface area contributed by atoms with E-state index in [0.717, 1.165) is 20.5 Å². The molecule has 8 saturated carbocycles. The summed E-state index contributed by atoms with van der Waals surface area (Å²) in [5.74, 6) is 0. The highest BCUT2D eigenvalue weighted by Crippen LogP contribution is 3.50. The van der Waals surface area contributed by atoms with Crippen LogP contribution in [0.5, 0.6) is 0 Å². The molecule has 0 aromatic carbocycles. The third-order valence-corrected chi connectivity index (χ3v) is 25.9. The molecule has 0 heterocycles. The quantitative estimate of drug-likeness (QED) is 0.302. The lowest BCUT2D eigenvalue weighted by Gasteiger charge is -2.23. The average molecular weight is 559 g/mol. The van der Waals surface area contributed by atoms with E-state index in [0.29, 0.717) is 43.3 Å². The molecule has 0 amide bonds. The average Bonchev–Trinajstić information content (AvgIpc) is 3.27. The smallest absolute Gasteiger partial charge is 0.0520 e. The van der Waals surface area contributed by atoms with Gasteiger partial charge < -0.3 is 0 Å². The maximum absolute atomic E-state index is 2.68. The fourth-order valence-electron chi connectivity index (χ4n) is 17.0. The molecule has 0 nitrogen and oxygen atoms in total. The molecule has 0 aromatic rings.